The average molecular weight is 393 g/mol. The summed E-state index contributed by atoms with van der Waals surface area (Å²) < 4.78 is 5.66. The molecule has 0 aliphatic rings. The monoisotopic (exact) mass is 393 g/mol. The Bertz CT molecular complexity index is 1300. The van der Waals surface area contributed by atoms with Crippen molar-refractivity contribution in [3.8, 4) is 22.4 Å². The molecular weight excluding hydrogens is 374 g/mol. The highest BCUT2D eigenvalue weighted by Gasteiger charge is 2.18. The quantitative estimate of drug-likeness (QED) is 0.438. The number of rotatable bonds is 5. The van der Waals surface area contributed by atoms with Crippen molar-refractivity contribution >= 4 is 16.9 Å². The molecule has 30 heavy (non-hydrogen) atoms. The second-order valence-corrected chi connectivity index (χ2v) is 6.98. The molecule has 6 heteroatoms. The van der Waals surface area contributed by atoms with E-state index in [1.807, 2.05) is 73.8 Å². The van der Waals surface area contributed by atoms with Gasteiger partial charge in [0.05, 0.1) is 5.69 Å². The maximum absolute atomic E-state index is 5.66. The molecule has 4 aromatic heterocycles. The zero-order valence-corrected chi connectivity index (χ0v) is 16.4. The van der Waals surface area contributed by atoms with Crippen molar-refractivity contribution in [2.24, 2.45) is 0 Å². The molecule has 0 fully saturated rings. The van der Waals surface area contributed by atoms with Crippen molar-refractivity contribution in [3.63, 3.8) is 0 Å². The van der Waals surface area contributed by atoms with Crippen LogP contribution < -0.4 is 5.32 Å². The molecule has 146 valence electrons. The lowest BCUT2D eigenvalue weighted by atomic mass is 10.0. The van der Waals surface area contributed by atoms with Gasteiger partial charge in [-0.1, -0.05) is 41.6 Å². The molecule has 0 bridgehead atoms. The summed E-state index contributed by atoms with van der Waals surface area (Å²) in [6, 6.07) is 20.0. The summed E-state index contributed by atoms with van der Waals surface area (Å²) in [7, 11) is 0. The summed E-state index contributed by atoms with van der Waals surface area (Å²) in [6.45, 7) is 2.52. The standard InChI is InChI=1S/C24H19N5O/c1-16-22-23(30-29-16)20(13-21(28-22)18-8-3-2-4-9-18)19-10-6-12-26-24(19)27-15-17-7-5-11-25-14-17/h2-14H,15H2,1H3,(H,26,27). The molecule has 0 aliphatic carbocycles. The van der Waals surface area contributed by atoms with E-state index in [1.54, 1.807) is 12.4 Å². The summed E-state index contributed by atoms with van der Waals surface area (Å²) in [5.41, 5.74) is 7.00. The molecule has 6 nitrogen and oxygen atoms in total. The summed E-state index contributed by atoms with van der Waals surface area (Å²) >= 11 is 0. The van der Waals surface area contributed by atoms with Crippen LogP contribution in [0, 0.1) is 6.92 Å². The lowest BCUT2D eigenvalue weighted by Gasteiger charge is -2.12. The Morgan fingerprint density at radius 3 is 2.63 bits per heavy atom. The first kappa shape index (κ1) is 18.0. The second kappa shape index (κ2) is 7.75. The van der Waals surface area contributed by atoms with Crippen molar-refractivity contribution in [2.75, 3.05) is 5.32 Å². The van der Waals surface area contributed by atoms with Gasteiger partial charge in [0.25, 0.3) is 0 Å². The van der Waals surface area contributed by atoms with E-state index in [4.69, 9.17) is 9.51 Å². The maximum Gasteiger partial charge on any atom is 0.193 e. The highest BCUT2D eigenvalue weighted by molar-refractivity contribution is 5.96. The minimum atomic E-state index is 0.618. The Hall–Kier alpha value is -4.06. The van der Waals surface area contributed by atoms with Crippen LogP contribution in [0.15, 0.2) is 83.8 Å². The summed E-state index contributed by atoms with van der Waals surface area (Å²) in [5, 5.41) is 7.58. The molecular formula is C24H19N5O. The van der Waals surface area contributed by atoms with Gasteiger partial charge in [0.15, 0.2) is 5.58 Å². The topological polar surface area (TPSA) is 76.7 Å². The number of anilines is 1. The van der Waals surface area contributed by atoms with E-state index in [0.717, 1.165) is 45.0 Å². The first-order valence-corrected chi connectivity index (χ1v) is 9.70. The van der Waals surface area contributed by atoms with Gasteiger partial charge in [0.2, 0.25) is 0 Å². The van der Waals surface area contributed by atoms with Gasteiger partial charge < -0.3 is 9.84 Å². The molecule has 5 aromatic rings. The molecule has 0 saturated heterocycles. The van der Waals surface area contributed by atoms with Gasteiger partial charge in [-0.2, -0.15) is 0 Å². The van der Waals surface area contributed by atoms with Gasteiger partial charge in [-0.15, -0.1) is 0 Å². The van der Waals surface area contributed by atoms with Crippen molar-refractivity contribution in [1.29, 1.82) is 0 Å². The highest BCUT2D eigenvalue weighted by atomic mass is 16.5. The lowest BCUT2D eigenvalue weighted by Crippen LogP contribution is -2.03. The number of fused-ring (bicyclic) bond motifs is 1. The number of aromatic nitrogens is 4. The molecule has 0 unspecified atom stereocenters. The smallest absolute Gasteiger partial charge is 0.193 e. The van der Waals surface area contributed by atoms with Crippen molar-refractivity contribution in [2.45, 2.75) is 13.5 Å². The zero-order chi connectivity index (χ0) is 20.3. The van der Waals surface area contributed by atoms with Gasteiger partial charge >= 0.3 is 0 Å². The highest BCUT2D eigenvalue weighted by Crippen LogP contribution is 2.36. The first-order chi connectivity index (χ1) is 14.8. The molecule has 0 atom stereocenters. The minimum absolute atomic E-state index is 0.618. The molecule has 1 aromatic carbocycles. The van der Waals surface area contributed by atoms with E-state index in [1.165, 1.54) is 0 Å². The van der Waals surface area contributed by atoms with Crippen LogP contribution in [-0.4, -0.2) is 20.1 Å². The van der Waals surface area contributed by atoms with Crippen LogP contribution in [-0.2, 0) is 6.54 Å². The SMILES string of the molecule is Cc1noc2c(-c3cccnc3NCc3cccnc3)cc(-c3ccccc3)nc12. The maximum atomic E-state index is 5.66. The molecule has 0 radical (unpaired) electrons. The molecule has 0 spiro atoms. The van der Waals surface area contributed by atoms with Crippen LogP contribution in [0.1, 0.15) is 11.3 Å². The van der Waals surface area contributed by atoms with Crippen molar-refractivity contribution in [1.82, 2.24) is 20.1 Å². The van der Waals surface area contributed by atoms with Gasteiger partial charge in [-0.05, 0) is 36.8 Å². The van der Waals surface area contributed by atoms with Crippen molar-refractivity contribution < 1.29 is 4.52 Å². The number of nitrogens with zero attached hydrogens (tertiary/aromatic N) is 4. The fourth-order valence-electron chi connectivity index (χ4n) is 3.44. The minimum Gasteiger partial charge on any atom is -0.365 e. The van der Waals surface area contributed by atoms with Gasteiger partial charge in [0.1, 0.15) is 17.0 Å². The number of benzene rings is 1. The fraction of sp³-hybridized carbons (Fsp3) is 0.0833. The lowest BCUT2D eigenvalue weighted by molar-refractivity contribution is 0.451. The van der Waals surface area contributed by atoms with Gasteiger partial charge in [-0.25, -0.2) is 9.97 Å². The Labute approximate surface area is 173 Å². The van der Waals surface area contributed by atoms with E-state index in [9.17, 15) is 0 Å². The predicted octanol–water partition coefficient (Wildman–Crippen LogP) is 5.27. The van der Waals surface area contributed by atoms with Gasteiger partial charge in [-0.3, -0.25) is 4.98 Å². The van der Waals surface area contributed by atoms with Crippen LogP contribution in [0.2, 0.25) is 0 Å². The molecule has 5 rings (SSSR count). The molecule has 0 amide bonds. The third-order valence-corrected chi connectivity index (χ3v) is 4.94. The summed E-state index contributed by atoms with van der Waals surface area (Å²) in [5.74, 6) is 0.766. The third-order valence-electron chi connectivity index (χ3n) is 4.94. The van der Waals surface area contributed by atoms with Gasteiger partial charge in [0, 0.05) is 41.8 Å². The number of hydrogen-bond donors (Lipinski definition) is 1. The number of nitrogens with one attached hydrogen (secondary N) is 1. The van der Waals surface area contributed by atoms with E-state index >= 15 is 0 Å². The zero-order valence-electron chi connectivity index (χ0n) is 16.4. The van der Waals surface area contributed by atoms with Crippen molar-refractivity contribution in [3.05, 3.63) is 90.5 Å². The van der Waals surface area contributed by atoms with E-state index in [-0.39, 0.29) is 0 Å². The van der Waals surface area contributed by atoms with Crippen LogP contribution in [0.3, 0.4) is 0 Å². The van der Waals surface area contributed by atoms with E-state index < -0.39 is 0 Å². The predicted molar refractivity (Wildman–Crippen MR) is 117 cm³/mol. The molecule has 0 saturated carbocycles. The number of pyridine rings is 3. The second-order valence-electron chi connectivity index (χ2n) is 6.98. The van der Waals surface area contributed by atoms with E-state index in [2.05, 4.69) is 20.4 Å². The Morgan fingerprint density at radius 1 is 0.933 bits per heavy atom. The van der Waals surface area contributed by atoms with E-state index in [0.29, 0.717) is 12.1 Å². The molecule has 0 aliphatic heterocycles. The summed E-state index contributed by atoms with van der Waals surface area (Å²) in [6.07, 6.45) is 5.38. The summed E-state index contributed by atoms with van der Waals surface area (Å²) in [4.78, 5) is 13.6. The largest absolute Gasteiger partial charge is 0.365 e. The fourth-order valence-corrected chi connectivity index (χ4v) is 3.44. The Kier molecular flexibility index (Phi) is 4.65. The number of aryl methyl sites for hydroxylation is 1. The number of hydrogen-bond acceptors (Lipinski definition) is 6. The van der Waals surface area contributed by atoms with Crippen LogP contribution in [0.5, 0.6) is 0 Å². The normalized spacial score (nSPS) is 11.0. The Morgan fingerprint density at radius 2 is 1.80 bits per heavy atom. The van der Waals surface area contributed by atoms with Crippen LogP contribution >= 0.6 is 0 Å². The molecule has 4 heterocycles. The van der Waals surface area contributed by atoms with Crippen LogP contribution in [0.4, 0.5) is 5.82 Å². The molecule has 1 N–H and O–H groups in total. The third kappa shape index (κ3) is 3.39. The Balaban J connectivity index is 1.63. The van der Waals surface area contributed by atoms with Crippen LogP contribution in [0.25, 0.3) is 33.5 Å². The average Bonchev–Trinajstić information content (AvgIpc) is 3.19. The first-order valence-electron chi connectivity index (χ1n) is 9.70.